The number of carbonyl (C=O) groups excluding carboxylic acids is 3. The van der Waals surface area contributed by atoms with E-state index in [0.29, 0.717) is 0 Å². The Morgan fingerprint density at radius 1 is 1.47 bits per heavy atom. The average molecular weight is 273 g/mol. The van der Waals surface area contributed by atoms with E-state index in [-0.39, 0.29) is 6.54 Å². The highest BCUT2D eigenvalue weighted by Gasteiger charge is 2.44. The van der Waals surface area contributed by atoms with E-state index in [1.165, 1.54) is 13.8 Å². The van der Waals surface area contributed by atoms with Crippen LogP contribution < -0.4 is 10.6 Å². The van der Waals surface area contributed by atoms with Gasteiger partial charge in [-0.1, -0.05) is 0 Å². The predicted molar refractivity (Wildman–Crippen MR) is 61.0 cm³/mol. The lowest BCUT2D eigenvalue weighted by Gasteiger charge is -2.40. The molecular weight excluding hydrogens is 258 g/mol. The highest BCUT2D eigenvalue weighted by Crippen LogP contribution is 2.18. The van der Waals surface area contributed by atoms with E-state index in [1.54, 1.807) is 0 Å². The molecule has 1 heterocycles. The summed E-state index contributed by atoms with van der Waals surface area (Å²) >= 11 is 0. The highest BCUT2D eigenvalue weighted by atomic mass is 16.4. The maximum atomic E-state index is 11.9. The van der Waals surface area contributed by atoms with Gasteiger partial charge in [0.1, 0.15) is 12.1 Å². The van der Waals surface area contributed by atoms with Crippen LogP contribution in [0.15, 0.2) is 0 Å². The number of aliphatic hydroxyl groups is 1. The number of imide groups is 1. The molecule has 19 heavy (non-hydrogen) atoms. The van der Waals surface area contributed by atoms with Crippen LogP contribution in [0.4, 0.5) is 4.79 Å². The van der Waals surface area contributed by atoms with E-state index in [9.17, 15) is 19.2 Å². The van der Waals surface area contributed by atoms with Crippen LogP contribution in [0.3, 0.4) is 0 Å². The fourth-order valence-electron chi connectivity index (χ4n) is 1.52. The SMILES string of the molecule is CC1(C)C(=O)NC(=O)CN1C(=O)N[C@H](CO)C(=O)O. The normalized spacial score (nSPS) is 19.6. The Bertz CT molecular complexity index is 433. The minimum Gasteiger partial charge on any atom is -0.480 e. The lowest BCUT2D eigenvalue weighted by Crippen LogP contribution is -2.68. The smallest absolute Gasteiger partial charge is 0.328 e. The molecule has 0 spiro atoms. The molecule has 1 aliphatic rings. The van der Waals surface area contributed by atoms with Crippen molar-refractivity contribution >= 4 is 23.8 Å². The number of carbonyl (C=O) groups is 4. The molecule has 0 radical (unpaired) electrons. The van der Waals surface area contributed by atoms with Gasteiger partial charge in [0.25, 0.3) is 5.91 Å². The van der Waals surface area contributed by atoms with Crippen molar-refractivity contribution in [1.29, 1.82) is 0 Å². The summed E-state index contributed by atoms with van der Waals surface area (Å²) < 4.78 is 0. The molecule has 0 aromatic carbocycles. The van der Waals surface area contributed by atoms with E-state index < -0.39 is 42.0 Å². The number of nitrogens with zero attached hydrogens (tertiary/aromatic N) is 1. The summed E-state index contributed by atoms with van der Waals surface area (Å²) in [6, 6.07) is -2.40. The number of amides is 4. The zero-order valence-corrected chi connectivity index (χ0v) is 10.5. The van der Waals surface area contributed by atoms with Crippen molar-refractivity contribution in [3.05, 3.63) is 0 Å². The summed E-state index contributed by atoms with van der Waals surface area (Å²) in [6.07, 6.45) is 0. The summed E-state index contributed by atoms with van der Waals surface area (Å²) in [5, 5.41) is 21.6. The fourth-order valence-corrected chi connectivity index (χ4v) is 1.52. The molecule has 4 amide bonds. The van der Waals surface area contributed by atoms with Crippen LogP contribution in [0.5, 0.6) is 0 Å². The highest BCUT2D eigenvalue weighted by molar-refractivity contribution is 6.06. The molecule has 0 aromatic rings. The Balaban J connectivity index is 2.87. The third-order valence-corrected chi connectivity index (χ3v) is 2.81. The maximum absolute atomic E-state index is 11.9. The van der Waals surface area contributed by atoms with Crippen molar-refractivity contribution in [3.8, 4) is 0 Å². The van der Waals surface area contributed by atoms with Crippen molar-refractivity contribution in [1.82, 2.24) is 15.5 Å². The van der Waals surface area contributed by atoms with E-state index in [4.69, 9.17) is 10.2 Å². The Labute approximate surface area is 108 Å². The molecule has 0 aromatic heterocycles. The van der Waals surface area contributed by atoms with Crippen molar-refractivity contribution in [2.24, 2.45) is 0 Å². The number of hydrogen-bond donors (Lipinski definition) is 4. The molecule has 1 fully saturated rings. The zero-order valence-electron chi connectivity index (χ0n) is 10.5. The van der Waals surface area contributed by atoms with Gasteiger partial charge < -0.3 is 20.4 Å². The van der Waals surface area contributed by atoms with Gasteiger partial charge in [-0.25, -0.2) is 9.59 Å². The first-order chi connectivity index (χ1) is 8.70. The van der Waals surface area contributed by atoms with Crippen LogP contribution in [0, 0.1) is 0 Å². The first kappa shape index (κ1) is 14.9. The molecule has 0 saturated carbocycles. The summed E-state index contributed by atoms with van der Waals surface area (Å²) in [5.74, 6) is -2.73. The summed E-state index contributed by atoms with van der Waals surface area (Å²) in [5.41, 5.74) is -1.30. The van der Waals surface area contributed by atoms with Crippen LogP contribution in [0.2, 0.25) is 0 Å². The molecular formula is C10H15N3O6. The van der Waals surface area contributed by atoms with E-state index in [2.05, 4.69) is 5.32 Å². The number of rotatable bonds is 3. The van der Waals surface area contributed by atoms with Gasteiger partial charge >= 0.3 is 12.0 Å². The molecule has 1 aliphatic heterocycles. The zero-order chi connectivity index (χ0) is 14.8. The Morgan fingerprint density at radius 3 is 2.53 bits per heavy atom. The topological polar surface area (TPSA) is 136 Å². The molecule has 1 atom stereocenters. The summed E-state index contributed by atoms with van der Waals surface area (Å²) in [7, 11) is 0. The van der Waals surface area contributed by atoms with Crippen LogP contribution in [-0.4, -0.2) is 63.7 Å². The van der Waals surface area contributed by atoms with E-state index in [0.717, 1.165) is 4.90 Å². The number of nitrogens with one attached hydrogen (secondary N) is 2. The van der Waals surface area contributed by atoms with Crippen molar-refractivity contribution in [2.75, 3.05) is 13.2 Å². The Kier molecular flexibility index (Phi) is 4.10. The van der Waals surface area contributed by atoms with Crippen LogP contribution in [-0.2, 0) is 14.4 Å². The molecule has 1 saturated heterocycles. The number of carboxylic acids is 1. The van der Waals surface area contributed by atoms with Crippen molar-refractivity contribution in [3.63, 3.8) is 0 Å². The molecule has 0 aliphatic carbocycles. The molecule has 4 N–H and O–H groups in total. The maximum Gasteiger partial charge on any atom is 0.328 e. The lowest BCUT2D eigenvalue weighted by molar-refractivity contribution is -0.142. The minimum absolute atomic E-state index is 0.373. The first-order valence-electron chi connectivity index (χ1n) is 5.46. The second kappa shape index (κ2) is 5.22. The van der Waals surface area contributed by atoms with Gasteiger partial charge in [-0.15, -0.1) is 0 Å². The van der Waals surface area contributed by atoms with Crippen LogP contribution >= 0.6 is 0 Å². The summed E-state index contributed by atoms with van der Waals surface area (Å²) in [4.78, 5) is 46.4. The number of aliphatic carboxylic acids is 1. The van der Waals surface area contributed by atoms with Gasteiger partial charge in [0.2, 0.25) is 5.91 Å². The predicted octanol–water partition coefficient (Wildman–Crippen LogP) is -2.12. The average Bonchev–Trinajstić information content (AvgIpc) is 2.30. The van der Waals surface area contributed by atoms with Crippen LogP contribution in [0.1, 0.15) is 13.8 Å². The number of urea groups is 1. The Morgan fingerprint density at radius 2 is 2.05 bits per heavy atom. The van der Waals surface area contributed by atoms with E-state index >= 15 is 0 Å². The molecule has 9 nitrogen and oxygen atoms in total. The second-order valence-electron chi connectivity index (χ2n) is 4.55. The third kappa shape index (κ3) is 2.99. The monoisotopic (exact) mass is 273 g/mol. The van der Waals surface area contributed by atoms with Gasteiger partial charge in [-0.2, -0.15) is 0 Å². The van der Waals surface area contributed by atoms with Gasteiger partial charge in [0.05, 0.1) is 6.61 Å². The third-order valence-electron chi connectivity index (χ3n) is 2.81. The number of carboxylic acid groups (broad SMARTS) is 1. The fraction of sp³-hybridized carbons (Fsp3) is 0.600. The van der Waals surface area contributed by atoms with Gasteiger partial charge in [-0.05, 0) is 13.8 Å². The number of hydrogen-bond acceptors (Lipinski definition) is 5. The van der Waals surface area contributed by atoms with Crippen molar-refractivity contribution in [2.45, 2.75) is 25.4 Å². The lowest BCUT2D eigenvalue weighted by atomic mass is 9.99. The van der Waals surface area contributed by atoms with Gasteiger partial charge in [0, 0.05) is 0 Å². The Hall–Kier alpha value is -2.16. The molecule has 0 bridgehead atoms. The van der Waals surface area contributed by atoms with Gasteiger partial charge in [-0.3, -0.25) is 14.9 Å². The van der Waals surface area contributed by atoms with Gasteiger partial charge in [0.15, 0.2) is 6.04 Å². The van der Waals surface area contributed by atoms with Crippen molar-refractivity contribution < 1.29 is 29.4 Å². The molecule has 9 heteroatoms. The first-order valence-corrected chi connectivity index (χ1v) is 5.46. The quantitative estimate of drug-likeness (QED) is 0.434. The minimum atomic E-state index is -1.50. The molecule has 1 rings (SSSR count). The van der Waals surface area contributed by atoms with E-state index in [1.807, 2.05) is 5.32 Å². The number of piperazine rings is 1. The largest absolute Gasteiger partial charge is 0.480 e. The molecule has 0 unspecified atom stereocenters. The summed E-state index contributed by atoms with van der Waals surface area (Å²) in [6.45, 7) is 1.67. The standard InChI is InChI=1S/C10H15N3O6/c1-10(2)8(18)12-6(15)3-13(10)9(19)11-5(4-14)7(16)17/h5,14H,3-4H2,1-2H3,(H,11,19)(H,16,17)(H,12,15,18)/t5-/m1/s1. The number of aliphatic hydroxyl groups excluding tert-OH is 1. The van der Waals surface area contributed by atoms with Crippen LogP contribution in [0.25, 0.3) is 0 Å². The molecule has 106 valence electrons. The second-order valence-corrected chi connectivity index (χ2v) is 4.55.